The zero-order chi connectivity index (χ0) is 31.8. The molecular weight excluding hydrogens is 697 g/mol. The van der Waals surface area contributed by atoms with Crippen molar-refractivity contribution in [2.45, 2.75) is 13.8 Å². The van der Waals surface area contributed by atoms with E-state index in [4.69, 9.17) is 0 Å². The van der Waals surface area contributed by atoms with E-state index in [1.807, 2.05) is 30.3 Å². The molecule has 234 valence electrons. The summed E-state index contributed by atoms with van der Waals surface area (Å²) in [4.78, 5) is 0. The topological polar surface area (TPSA) is 0 Å². The van der Waals surface area contributed by atoms with Crippen molar-refractivity contribution in [3.8, 4) is 0 Å². The van der Waals surface area contributed by atoms with Crippen LogP contribution in [0, 0.1) is 19.9 Å². The van der Waals surface area contributed by atoms with Crippen molar-refractivity contribution in [3.63, 3.8) is 0 Å². The predicted molar refractivity (Wildman–Crippen MR) is 205 cm³/mol. The fraction of sp³-hybridized carbons (Fsp3) is 0.0455. The maximum absolute atomic E-state index is 2.89. The minimum absolute atomic E-state index is 0. The molecule has 0 aliphatic carbocycles. The van der Waals surface area contributed by atoms with Gasteiger partial charge in [0.25, 0.3) is 0 Å². The summed E-state index contributed by atoms with van der Waals surface area (Å²) in [5, 5.41) is 8.41. The van der Waals surface area contributed by atoms with Gasteiger partial charge in [0.1, 0.15) is 0 Å². The molecule has 0 spiro atoms. The van der Waals surface area contributed by atoms with E-state index in [1.54, 1.807) is 0 Å². The van der Waals surface area contributed by atoms with Gasteiger partial charge in [0, 0.05) is 0 Å². The van der Waals surface area contributed by atoms with Crippen LogP contribution in [-0.4, -0.2) is 0 Å². The van der Waals surface area contributed by atoms with Crippen molar-refractivity contribution >= 4 is 47.7 Å². The molecule has 0 N–H and O–H groups in total. The first-order chi connectivity index (χ1) is 22.7. The molecule has 0 aliphatic rings. The smallest absolute Gasteiger partial charge is 0.184 e. The third-order valence-electron chi connectivity index (χ3n) is 7.25. The van der Waals surface area contributed by atoms with Gasteiger partial charge in [0.2, 0.25) is 0 Å². The van der Waals surface area contributed by atoms with Crippen LogP contribution < -0.4 is 31.8 Å². The van der Waals surface area contributed by atoms with Crippen LogP contribution in [0.25, 0.3) is 0 Å². The minimum Gasteiger partial charge on any atom is -0.184 e. The quantitative estimate of drug-likeness (QED) is 0.0909. The van der Waals surface area contributed by atoms with E-state index >= 15 is 0 Å². The monoisotopic (exact) mass is 735 g/mol. The molecule has 0 saturated heterocycles. The van der Waals surface area contributed by atoms with Crippen molar-refractivity contribution in [3.05, 3.63) is 217 Å². The molecular formula is C44H39P2Pd+. The molecule has 7 aromatic rings. The van der Waals surface area contributed by atoms with Crippen molar-refractivity contribution < 1.29 is 20.4 Å². The van der Waals surface area contributed by atoms with Gasteiger partial charge in [0.15, 0.2) is 0 Å². The second kappa shape index (κ2) is 19.7. The number of rotatable bonds is 6. The van der Waals surface area contributed by atoms with E-state index in [-0.39, 0.29) is 20.4 Å². The van der Waals surface area contributed by atoms with E-state index in [1.165, 1.54) is 43.0 Å². The molecule has 0 heterocycles. The van der Waals surface area contributed by atoms with Crippen LogP contribution in [0.15, 0.2) is 200 Å². The normalized spacial score (nSPS) is 10.1. The number of hydrogen-bond donors (Lipinski definition) is 0. The molecule has 0 radical (unpaired) electrons. The van der Waals surface area contributed by atoms with E-state index < -0.39 is 15.8 Å². The van der Waals surface area contributed by atoms with Gasteiger partial charge < -0.3 is 0 Å². The van der Waals surface area contributed by atoms with E-state index in [0.717, 1.165) is 0 Å². The van der Waals surface area contributed by atoms with Gasteiger partial charge in [-0.05, 0) is 61.5 Å². The molecule has 0 unspecified atom stereocenters. The third-order valence-corrected chi connectivity index (χ3v) is 12.1. The van der Waals surface area contributed by atoms with Gasteiger partial charge in [-0.2, -0.15) is 36.4 Å². The van der Waals surface area contributed by atoms with E-state index in [0.29, 0.717) is 0 Å². The first-order valence-electron chi connectivity index (χ1n) is 15.5. The molecule has 47 heavy (non-hydrogen) atoms. The summed E-state index contributed by atoms with van der Waals surface area (Å²) in [5.41, 5.74) is 2.62. The first-order valence-corrected chi connectivity index (χ1v) is 18.2. The van der Waals surface area contributed by atoms with Gasteiger partial charge in [-0.1, -0.05) is 181 Å². The average Bonchev–Trinajstić information content (AvgIpc) is 3.13. The maximum Gasteiger partial charge on any atom is 2.00 e. The van der Waals surface area contributed by atoms with Crippen molar-refractivity contribution in [2.75, 3.05) is 0 Å². The fourth-order valence-corrected chi connectivity index (χ4v) is 9.50. The molecule has 0 aromatic heterocycles. The molecule has 0 amide bonds. The summed E-state index contributed by atoms with van der Waals surface area (Å²) >= 11 is 0. The Kier molecular flexibility index (Phi) is 15.0. The maximum atomic E-state index is 2.89. The van der Waals surface area contributed by atoms with Crippen LogP contribution in [0.4, 0.5) is 0 Å². The average molecular weight is 736 g/mol. The molecule has 0 saturated carbocycles. The zero-order valence-electron chi connectivity index (χ0n) is 26.8. The Balaban J connectivity index is 0.000000178. The zero-order valence-corrected chi connectivity index (χ0v) is 30.1. The summed E-state index contributed by atoms with van der Waals surface area (Å²) in [6.45, 7) is 4.27. The molecule has 0 fully saturated rings. The van der Waals surface area contributed by atoms with Crippen molar-refractivity contribution in [2.24, 2.45) is 0 Å². The Morgan fingerprint density at radius 3 is 0.745 bits per heavy atom. The number of hydrogen-bond acceptors (Lipinski definition) is 0. The Labute approximate surface area is 297 Å². The van der Waals surface area contributed by atoms with Gasteiger partial charge >= 0.3 is 20.4 Å². The number of benzene rings is 7. The summed E-state index contributed by atoms with van der Waals surface area (Å²) in [6, 6.07) is 73.6. The van der Waals surface area contributed by atoms with Crippen LogP contribution in [-0.2, 0) is 20.4 Å². The second-order valence-corrected chi connectivity index (χ2v) is 15.2. The van der Waals surface area contributed by atoms with Crippen LogP contribution in [0.5, 0.6) is 0 Å². The molecule has 7 aromatic carbocycles. The van der Waals surface area contributed by atoms with Crippen LogP contribution in [0.3, 0.4) is 0 Å². The largest absolute Gasteiger partial charge is 2.00 e. The standard InChI is InChI=1S/2C19H17P.C6H5.Pd/c2*1-16-12-14-19(15-13-16)20(17-8-4-2-5-9-17)18-10-6-3-7-11-18;1-2-4-6-5-3-1;/h2*2-15H,1H3;1-5H;/q;;-1;+2. The molecule has 0 bridgehead atoms. The fourth-order valence-electron chi connectivity index (χ4n) is 4.93. The van der Waals surface area contributed by atoms with Crippen molar-refractivity contribution in [1.82, 2.24) is 0 Å². The predicted octanol–water partition coefficient (Wildman–Crippen LogP) is 8.99. The van der Waals surface area contributed by atoms with Gasteiger partial charge in [-0.25, -0.2) is 0 Å². The van der Waals surface area contributed by atoms with Gasteiger partial charge in [-0.15, -0.1) is 0 Å². The van der Waals surface area contributed by atoms with E-state index in [9.17, 15) is 0 Å². The third kappa shape index (κ3) is 11.1. The Hall–Kier alpha value is -3.94. The van der Waals surface area contributed by atoms with Crippen molar-refractivity contribution in [1.29, 1.82) is 0 Å². The van der Waals surface area contributed by atoms with E-state index in [2.05, 4.69) is 190 Å². The Morgan fingerprint density at radius 2 is 0.532 bits per heavy atom. The minimum atomic E-state index is -0.458. The number of aryl methyl sites for hydroxylation is 2. The molecule has 7 rings (SSSR count). The van der Waals surface area contributed by atoms with Gasteiger partial charge in [0.05, 0.1) is 0 Å². The van der Waals surface area contributed by atoms with Crippen LogP contribution in [0.1, 0.15) is 11.1 Å². The Morgan fingerprint density at radius 1 is 0.298 bits per heavy atom. The summed E-state index contributed by atoms with van der Waals surface area (Å²) in [6.07, 6.45) is 0. The Bertz CT molecular complexity index is 1580. The molecule has 3 heteroatoms. The molecule has 0 nitrogen and oxygen atoms in total. The van der Waals surface area contributed by atoms with Gasteiger partial charge in [-0.3, -0.25) is 0 Å². The first kappa shape index (κ1) is 35.9. The summed E-state index contributed by atoms with van der Waals surface area (Å²) in [5.74, 6) is 0. The van der Waals surface area contributed by atoms with Crippen LogP contribution >= 0.6 is 15.8 Å². The summed E-state index contributed by atoms with van der Waals surface area (Å²) in [7, 11) is -0.917. The summed E-state index contributed by atoms with van der Waals surface area (Å²) < 4.78 is 0. The van der Waals surface area contributed by atoms with Crippen LogP contribution in [0.2, 0.25) is 0 Å². The molecule has 0 aliphatic heterocycles. The molecule has 0 atom stereocenters. The SMILES string of the molecule is Cc1ccc(P(c2ccccc2)c2ccccc2)cc1.Cc1ccc(P(c2ccccc2)c2ccccc2)cc1.[Pd+2].[c-]1ccccc1. The second-order valence-electron chi connectivity index (χ2n) is 10.8.